The monoisotopic (exact) mass is 331 g/mol. The lowest BCUT2D eigenvalue weighted by molar-refractivity contribution is -0.795. The molecule has 124 valence electrons. The lowest BCUT2D eigenvalue weighted by Gasteiger charge is -2.31. The Morgan fingerprint density at radius 1 is 1.55 bits per heavy atom. The Labute approximate surface area is 135 Å². The zero-order valence-electron chi connectivity index (χ0n) is 12.8. The van der Waals surface area contributed by atoms with Crippen molar-refractivity contribution in [1.29, 1.82) is 0 Å². The highest BCUT2D eigenvalue weighted by Gasteiger charge is 2.58. The Kier molecular flexibility index (Phi) is 6.43. The smallest absolute Gasteiger partial charge is 0.440 e. The average Bonchev–Trinajstić information content (AvgIpc) is 2.80. The van der Waals surface area contributed by atoms with Crippen molar-refractivity contribution in [2.24, 2.45) is 5.92 Å². The molecule has 1 saturated heterocycles. The molecule has 0 aromatic carbocycles. The number of nitrogens with one attached hydrogen (secondary N) is 1. The molecule has 0 saturated carbocycles. The number of quaternary nitrogens is 1. The first-order valence-electron chi connectivity index (χ1n) is 7.11. The molecule has 0 aromatic heterocycles. The molecule has 0 spiro atoms. The minimum Gasteiger partial charge on any atom is -0.440 e. The van der Waals surface area contributed by atoms with Crippen LogP contribution in [0.5, 0.6) is 0 Å². The molecule has 1 rings (SSSR count). The van der Waals surface area contributed by atoms with Crippen LogP contribution in [0.4, 0.5) is 9.59 Å². The molecule has 1 aliphatic rings. The van der Waals surface area contributed by atoms with Crippen LogP contribution < -0.4 is 5.32 Å². The first kappa shape index (κ1) is 18.5. The van der Waals surface area contributed by atoms with Gasteiger partial charge in [0.25, 0.3) is 0 Å². The Bertz CT molecular complexity index is 470. The second-order valence-corrected chi connectivity index (χ2v) is 5.90. The maximum Gasteiger partial charge on any atom is 0.521 e. The van der Waals surface area contributed by atoms with Crippen molar-refractivity contribution in [3.63, 3.8) is 0 Å². The van der Waals surface area contributed by atoms with Crippen LogP contribution in [0, 0.1) is 5.92 Å². The maximum atomic E-state index is 12.5. The van der Waals surface area contributed by atoms with Gasteiger partial charge in [0.2, 0.25) is 0 Å². The second kappa shape index (κ2) is 7.64. The highest BCUT2D eigenvalue weighted by Crippen LogP contribution is 2.32. The Morgan fingerprint density at radius 3 is 2.68 bits per heavy atom. The number of amides is 3. The van der Waals surface area contributed by atoms with Gasteiger partial charge in [-0.3, -0.25) is 0 Å². The summed E-state index contributed by atoms with van der Waals surface area (Å²) in [5.41, 5.74) is 0. The third-order valence-corrected chi connectivity index (χ3v) is 4.49. The van der Waals surface area contributed by atoms with Gasteiger partial charge >= 0.3 is 18.1 Å². The molecular formula is C14H23N2O5S+. The number of thiol groups is 1. The summed E-state index contributed by atoms with van der Waals surface area (Å²) in [5, 5.41) is 12.1. The number of alkyl carbamates (subject to hydrolysis) is 1. The lowest BCUT2D eigenvalue weighted by atomic mass is 10.1. The van der Waals surface area contributed by atoms with E-state index in [4.69, 9.17) is 4.74 Å². The topological polar surface area (TPSA) is 92.7 Å². The average molecular weight is 331 g/mol. The van der Waals surface area contributed by atoms with E-state index in [0.29, 0.717) is 6.42 Å². The van der Waals surface area contributed by atoms with Crippen LogP contribution in [0.1, 0.15) is 20.3 Å². The van der Waals surface area contributed by atoms with E-state index in [2.05, 4.69) is 24.5 Å². The molecule has 8 heteroatoms. The number of carbonyl (C=O) groups is 3. The quantitative estimate of drug-likeness (QED) is 0.405. The van der Waals surface area contributed by atoms with Crippen molar-refractivity contribution < 1.29 is 28.7 Å². The van der Waals surface area contributed by atoms with Gasteiger partial charge in [-0.1, -0.05) is 6.08 Å². The Morgan fingerprint density at radius 2 is 2.18 bits per heavy atom. The van der Waals surface area contributed by atoms with Crippen LogP contribution in [-0.4, -0.2) is 58.7 Å². The number of rotatable bonds is 5. The third-order valence-electron chi connectivity index (χ3n) is 3.94. The molecular weight excluding hydrogens is 308 g/mol. The molecule has 1 heterocycles. The zero-order valence-corrected chi connectivity index (χ0v) is 13.7. The summed E-state index contributed by atoms with van der Waals surface area (Å²) in [7, 11) is 0. The zero-order chi connectivity index (χ0) is 16.9. The normalized spacial score (nSPS) is 28.7. The van der Waals surface area contributed by atoms with Gasteiger partial charge in [-0.05, 0) is 13.8 Å². The summed E-state index contributed by atoms with van der Waals surface area (Å²) in [6.45, 7) is 7.00. The summed E-state index contributed by atoms with van der Waals surface area (Å²) in [4.78, 5) is 35.9. The largest absolute Gasteiger partial charge is 0.521 e. The number of hydrogen-bond acceptors (Lipinski definition) is 5. The number of carboxylic acid groups (broad SMARTS) is 1. The number of imide groups is 1. The first-order chi connectivity index (χ1) is 10.3. The van der Waals surface area contributed by atoms with Crippen LogP contribution >= 0.6 is 12.6 Å². The van der Waals surface area contributed by atoms with E-state index < -0.39 is 40.6 Å². The standard InChI is InChI=1S/C14H22N2O5S/c1-4-5-15-13(18)21-11-6-10(3)16(7-11,14(19)20)12(17)9(2)8-22/h4,9-11H,1,5-8H2,2-3H3,(H2-,15,18,19,20,22)/p+1/t9?,10-,11-,16-/m1/s1. The molecule has 1 unspecified atom stereocenters. The fourth-order valence-electron chi connectivity index (χ4n) is 2.71. The van der Waals surface area contributed by atoms with Gasteiger partial charge in [-0.2, -0.15) is 21.9 Å². The van der Waals surface area contributed by atoms with Crippen LogP contribution in [-0.2, 0) is 9.53 Å². The van der Waals surface area contributed by atoms with E-state index in [0.717, 1.165) is 0 Å². The van der Waals surface area contributed by atoms with E-state index in [1.807, 2.05) is 0 Å². The van der Waals surface area contributed by atoms with E-state index in [1.165, 1.54) is 6.08 Å². The van der Waals surface area contributed by atoms with Gasteiger partial charge in [0, 0.05) is 18.7 Å². The van der Waals surface area contributed by atoms with E-state index >= 15 is 0 Å². The van der Waals surface area contributed by atoms with Crippen molar-refractivity contribution in [2.75, 3.05) is 18.8 Å². The van der Waals surface area contributed by atoms with Gasteiger partial charge in [0.1, 0.15) is 12.6 Å². The van der Waals surface area contributed by atoms with Crippen molar-refractivity contribution >= 4 is 30.7 Å². The van der Waals surface area contributed by atoms with Gasteiger partial charge < -0.3 is 15.2 Å². The maximum absolute atomic E-state index is 12.5. The molecule has 0 radical (unpaired) electrons. The molecule has 3 amide bonds. The van der Waals surface area contributed by atoms with Crippen molar-refractivity contribution in [3.8, 4) is 0 Å². The number of ether oxygens (including phenoxy) is 1. The van der Waals surface area contributed by atoms with Crippen LogP contribution in [0.25, 0.3) is 0 Å². The van der Waals surface area contributed by atoms with Crippen LogP contribution in [0.2, 0.25) is 0 Å². The summed E-state index contributed by atoms with van der Waals surface area (Å²) in [6, 6.07) is -0.468. The molecule has 1 aliphatic heterocycles. The first-order valence-corrected chi connectivity index (χ1v) is 7.74. The number of nitrogens with zero attached hydrogens (tertiary/aromatic N) is 1. The predicted molar refractivity (Wildman–Crippen MR) is 83.7 cm³/mol. The highest BCUT2D eigenvalue weighted by molar-refractivity contribution is 7.80. The third kappa shape index (κ3) is 3.61. The lowest BCUT2D eigenvalue weighted by Crippen LogP contribution is -2.61. The summed E-state index contributed by atoms with van der Waals surface area (Å²) in [6.07, 6.45) is -0.653. The molecule has 0 aromatic rings. The van der Waals surface area contributed by atoms with E-state index in [9.17, 15) is 19.5 Å². The molecule has 0 aliphatic carbocycles. The van der Waals surface area contributed by atoms with Crippen molar-refractivity contribution in [2.45, 2.75) is 32.4 Å². The number of likely N-dealkylation sites (tertiary alicyclic amines) is 1. The van der Waals surface area contributed by atoms with Gasteiger partial charge in [0.15, 0.2) is 6.10 Å². The van der Waals surface area contributed by atoms with Crippen molar-refractivity contribution in [3.05, 3.63) is 12.7 Å². The van der Waals surface area contributed by atoms with Crippen molar-refractivity contribution in [1.82, 2.24) is 5.32 Å². The summed E-state index contributed by atoms with van der Waals surface area (Å²) >= 11 is 4.07. The fourth-order valence-corrected chi connectivity index (χ4v) is 2.87. The molecule has 1 fully saturated rings. The van der Waals surface area contributed by atoms with E-state index in [-0.39, 0.29) is 18.8 Å². The molecule has 2 N–H and O–H groups in total. The minimum absolute atomic E-state index is 0.0606. The summed E-state index contributed by atoms with van der Waals surface area (Å²) < 4.78 is 4.48. The fraction of sp³-hybridized carbons (Fsp3) is 0.643. The molecule has 4 atom stereocenters. The van der Waals surface area contributed by atoms with Crippen LogP contribution in [0.3, 0.4) is 0 Å². The molecule has 22 heavy (non-hydrogen) atoms. The summed E-state index contributed by atoms with van der Waals surface area (Å²) in [5.74, 6) is -0.632. The minimum atomic E-state index is -1.22. The predicted octanol–water partition coefficient (Wildman–Crippen LogP) is 1.65. The SMILES string of the molecule is C=CCNC(=O)O[C@@H]1C[C@@H](C)[N@@+](C(=O)O)(C(=O)C(C)CS)C1. The second-order valence-electron chi connectivity index (χ2n) is 5.54. The number of carbonyl (C=O) groups excluding carboxylic acids is 2. The van der Waals surface area contributed by atoms with Gasteiger partial charge in [0.05, 0.1) is 5.92 Å². The number of hydrogen-bond donors (Lipinski definition) is 3. The van der Waals surface area contributed by atoms with Gasteiger partial charge in [-0.15, -0.1) is 6.58 Å². The highest BCUT2D eigenvalue weighted by atomic mass is 32.1. The van der Waals surface area contributed by atoms with Crippen LogP contribution in [0.15, 0.2) is 12.7 Å². The Balaban J connectivity index is 2.88. The van der Waals surface area contributed by atoms with Gasteiger partial charge in [-0.25, -0.2) is 9.59 Å². The molecule has 7 nitrogen and oxygen atoms in total. The van der Waals surface area contributed by atoms with E-state index in [1.54, 1.807) is 13.8 Å². The molecule has 0 bridgehead atoms. The Hall–Kier alpha value is -1.54.